The van der Waals surface area contributed by atoms with Crippen LogP contribution < -0.4 is 58.3 Å². The Hall–Kier alpha value is -9.56. The molecule has 8 aromatic carbocycles. The van der Waals surface area contributed by atoms with Gasteiger partial charge in [-0.3, -0.25) is 29.4 Å². The van der Waals surface area contributed by atoms with Crippen LogP contribution in [0.3, 0.4) is 0 Å². The van der Waals surface area contributed by atoms with Gasteiger partial charge in [0.1, 0.15) is 39.9 Å². The van der Waals surface area contributed by atoms with Gasteiger partial charge in [-0.2, -0.15) is 0 Å². The molecular formula is C64H50N8O6. The molecule has 14 heteroatoms. The SMILES string of the molecule is CC1(C)N=c2c(=C3C(=O)C(c4ccc5ccc(C6=C(O)C(=c7ccc8ccc(C9=C(O)C(=c%10ccc%11cccc%12c%11c%10=NC(C)(C)N%12)C9=O)c9c8c7=NC(C)(C)N9)C6=O)c6c5c4NC(C)(C)N6)=C3O)ccc3cccc(c23)N1. The number of hydrogen-bond donors (Lipinski definition) is 8. The number of allylic oxidation sites excluding steroid dienone is 6. The van der Waals surface area contributed by atoms with Crippen molar-refractivity contribution in [2.45, 2.75) is 78.0 Å². The number of hydrogen-bond acceptors (Lipinski definition) is 14. The molecule has 7 aliphatic rings. The molecule has 0 unspecified atom stereocenters. The number of carbonyl (C=O) groups is 3. The van der Waals surface area contributed by atoms with E-state index in [0.29, 0.717) is 76.3 Å². The minimum atomic E-state index is -0.948. The fourth-order valence-electron chi connectivity index (χ4n) is 13.0. The molecule has 4 heterocycles. The van der Waals surface area contributed by atoms with Crippen LogP contribution in [0.4, 0.5) is 28.4 Å². The van der Waals surface area contributed by atoms with E-state index in [1.165, 1.54) is 0 Å². The van der Waals surface area contributed by atoms with Crippen molar-refractivity contribution in [3.8, 4) is 0 Å². The van der Waals surface area contributed by atoms with Crippen molar-refractivity contribution in [2.24, 2.45) is 15.0 Å². The zero-order valence-corrected chi connectivity index (χ0v) is 43.8. The van der Waals surface area contributed by atoms with Gasteiger partial charge >= 0.3 is 0 Å². The predicted octanol–water partition coefficient (Wildman–Crippen LogP) is 8.32. The van der Waals surface area contributed by atoms with Crippen LogP contribution in [0.1, 0.15) is 72.1 Å². The molecule has 382 valence electrons. The zero-order valence-electron chi connectivity index (χ0n) is 43.8. The summed E-state index contributed by atoms with van der Waals surface area (Å²) >= 11 is 0. The molecule has 0 bridgehead atoms. The van der Waals surface area contributed by atoms with Crippen LogP contribution in [0.25, 0.3) is 76.5 Å². The molecule has 8 aromatic rings. The Morgan fingerprint density at radius 3 is 1.05 bits per heavy atom. The lowest BCUT2D eigenvalue weighted by Crippen LogP contribution is -2.44. The van der Waals surface area contributed by atoms with Crippen molar-refractivity contribution in [3.05, 3.63) is 175 Å². The molecule has 15 rings (SSSR count). The van der Waals surface area contributed by atoms with Gasteiger partial charge in [0.2, 0.25) is 17.3 Å². The number of ketones is 3. The third kappa shape index (κ3) is 6.07. The summed E-state index contributed by atoms with van der Waals surface area (Å²) in [5, 5.41) is 63.8. The first-order valence-corrected chi connectivity index (χ1v) is 26.1. The van der Waals surface area contributed by atoms with Crippen molar-refractivity contribution >= 4 is 122 Å². The van der Waals surface area contributed by atoms with Crippen LogP contribution in [0, 0.1) is 0 Å². The summed E-state index contributed by atoms with van der Waals surface area (Å²) in [6, 6.07) is 34.3. The zero-order chi connectivity index (χ0) is 54.0. The minimum Gasteiger partial charge on any atom is -0.506 e. The molecule has 0 amide bonds. The van der Waals surface area contributed by atoms with E-state index in [0.717, 1.165) is 43.7 Å². The quantitative estimate of drug-likeness (QED) is 0.0844. The fraction of sp³-hybridized carbons (Fsp3) is 0.188. The van der Waals surface area contributed by atoms with Gasteiger partial charge < -0.3 is 41.9 Å². The first-order chi connectivity index (χ1) is 37.1. The van der Waals surface area contributed by atoms with Gasteiger partial charge in [-0.05, 0) is 89.1 Å². The third-order valence-electron chi connectivity index (χ3n) is 16.1. The molecule has 0 saturated carbocycles. The minimum absolute atomic E-state index is 0.0985. The highest BCUT2D eigenvalue weighted by molar-refractivity contribution is 6.54. The van der Waals surface area contributed by atoms with Crippen molar-refractivity contribution in [1.82, 2.24) is 0 Å². The summed E-state index contributed by atoms with van der Waals surface area (Å²) < 4.78 is 0. The summed E-state index contributed by atoms with van der Waals surface area (Å²) in [6.45, 7) is 15.5. The Morgan fingerprint density at radius 2 is 0.667 bits per heavy atom. The van der Waals surface area contributed by atoms with E-state index < -0.39 is 22.7 Å². The molecule has 3 aliphatic carbocycles. The molecule has 0 radical (unpaired) electrons. The Labute approximate surface area is 444 Å². The highest BCUT2D eigenvalue weighted by Gasteiger charge is 2.44. The van der Waals surface area contributed by atoms with E-state index in [-0.39, 0.29) is 68.1 Å². The normalized spacial score (nSPS) is 21.6. The van der Waals surface area contributed by atoms with Crippen LogP contribution >= 0.6 is 0 Å². The Balaban J connectivity index is 0.882. The number of nitrogens with zero attached hydrogens (tertiary/aromatic N) is 3. The Bertz CT molecular complexity index is 4920. The van der Waals surface area contributed by atoms with Gasteiger partial charge in [-0.1, -0.05) is 97.1 Å². The van der Waals surface area contributed by atoms with Crippen LogP contribution in [0.15, 0.2) is 141 Å². The van der Waals surface area contributed by atoms with Crippen LogP contribution in [0.2, 0.25) is 0 Å². The second-order valence-corrected chi connectivity index (χ2v) is 23.4. The van der Waals surface area contributed by atoms with Crippen LogP contribution in [-0.2, 0) is 14.4 Å². The lowest BCUT2D eigenvalue weighted by molar-refractivity contribution is -0.110. The second-order valence-electron chi connectivity index (χ2n) is 23.4. The van der Waals surface area contributed by atoms with E-state index in [1.54, 1.807) is 6.07 Å². The number of anilines is 5. The Kier molecular flexibility index (Phi) is 8.62. The van der Waals surface area contributed by atoms with Gasteiger partial charge in [0.25, 0.3) is 0 Å². The molecule has 0 spiro atoms. The standard InChI is InChI=1S/C64H50N8O6/c1-61(2)65-37-13-9-11-27-15-21-31(49(67-61)39(27)37)43-55(73)45(56(43)74)33-23-17-29-19-25-35(53-41(29)51(33)69-63(5,6)71-53)47-59(77)48(60(47)78)36-26-20-30-18-24-34(52-42(30)54(36)72-64(7,8)70-52)46-57(75)44(58(46)76)32-22-16-28-12-10-14-38-40(28)50(32)68-62(3,4)66-38/h9-26,65-66,69-71,73,75,77H,1-8H3. The van der Waals surface area contributed by atoms with E-state index in [4.69, 9.17) is 15.0 Å². The number of Topliss-reactive ketones (excluding diaryl/α,β-unsaturated/α-hetero) is 3. The predicted molar refractivity (Wildman–Crippen MR) is 306 cm³/mol. The number of rotatable bonds is 3. The maximum Gasteiger partial charge on any atom is 0.201 e. The lowest BCUT2D eigenvalue weighted by Gasteiger charge is -2.39. The van der Waals surface area contributed by atoms with Gasteiger partial charge in [0.05, 0.1) is 66.6 Å². The molecule has 0 saturated heterocycles. The smallest absolute Gasteiger partial charge is 0.201 e. The van der Waals surface area contributed by atoms with E-state index >= 15 is 0 Å². The topological polar surface area (TPSA) is 209 Å². The Morgan fingerprint density at radius 1 is 0.346 bits per heavy atom. The lowest BCUT2D eigenvalue weighted by atomic mass is 9.77. The molecule has 0 atom stereocenters. The van der Waals surface area contributed by atoms with Gasteiger partial charge in [-0.25, -0.2) is 0 Å². The summed E-state index contributed by atoms with van der Waals surface area (Å²) in [7, 11) is 0. The summed E-state index contributed by atoms with van der Waals surface area (Å²) in [6.07, 6.45) is 0. The highest BCUT2D eigenvalue weighted by atomic mass is 16.3. The van der Waals surface area contributed by atoms with Crippen LogP contribution in [-0.4, -0.2) is 55.3 Å². The number of carbonyl (C=O) groups excluding carboxylic acids is 3. The maximum absolute atomic E-state index is 14.9. The first-order valence-electron chi connectivity index (χ1n) is 26.1. The average molecular weight is 1030 g/mol. The van der Waals surface area contributed by atoms with E-state index in [9.17, 15) is 29.7 Å². The molecule has 4 aliphatic heterocycles. The first kappa shape index (κ1) is 45.8. The average Bonchev–Trinajstić information content (AvgIpc) is 3.57. The van der Waals surface area contributed by atoms with E-state index in [1.807, 2.05) is 159 Å². The summed E-state index contributed by atoms with van der Waals surface area (Å²) in [5.74, 6) is -1.50. The molecule has 8 N–H and O–H groups in total. The number of nitrogens with one attached hydrogen (secondary N) is 5. The second kappa shape index (κ2) is 14.7. The monoisotopic (exact) mass is 1030 g/mol. The largest absolute Gasteiger partial charge is 0.506 e. The molecular weight excluding hydrogens is 977 g/mol. The highest BCUT2D eigenvalue weighted by Crippen LogP contribution is 2.51. The van der Waals surface area contributed by atoms with Crippen molar-refractivity contribution < 1.29 is 29.7 Å². The number of benzene rings is 8. The molecule has 78 heavy (non-hydrogen) atoms. The molecule has 0 aromatic heterocycles. The molecule has 0 fully saturated rings. The van der Waals surface area contributed by atoms with Gasteiger partial charge in [-0.15, -0.1) is 0 Å². The number of aliphatic hydroxyl groups excluding tert-OH is 3. The molecule has 14 nitrogen and oxygen atoms in total. The van der Waals surface area contributed by atoms with Crippen molar-refractivity contribution in [3.63, 3.8) is 0 Å². The maximum atomic E-state index is 14.9. The fourth-order valence-corrected chi connectivity index (χ4v) is 13.0. The van der Waals surface area contributed by atoms with Crippen molar-refractivity contribution in [1.29, 1.82) is 0 Å². The van der Waals surface area contributed by atoms with Gasteiger partial charge in [0, 0.05) is 65.3 Å². The van der Waals surface area contributed by atoms with Crippen LogP contribution in [0.5, 0.6) is 0 Å². The van der Waals surface area contributed by atoms with E-state index in [2.05, 4.69) is 26.6 Å². The third-order valence-corrected chi connectivity index (χ3v) is 16.1. The summed E-state index contributed by atoms with van der Waals surface area (Å²) in [5.41, 5.74) is 2.85. The number of aliphatic hydroxyl groups is 3. The van der Waals surface area contributed by atoms with Gasteiger partial charge in [0.15, 0.2) is 0 Å². The van der Waals surface area contributed by atoms with Crippen molar-refractivity contribution in [2.75, 3.05) is 26.6 Å². The summed E-state index contributed by atoms with van der Waals surface area (Å²) in [4.78, 5) is 59.2.